The third-order valence-corrected chi connectivity index (χ3v) is 2.29. The molecule has 0 aliphatic rings. The SMILES string of the molecule is CCCn1cc(-c2nccnc2Cl)cn1. The molecule has 0 N–H and O–H groups in total. The number of hydrogen-bond acceptors (Lipinski definition) is 3. The standard InChI is InChI=1S/C10H11ClN4/c1-2-5-15-7-8(6-14-15)9-10(11)13-4-3-12-9/h3-4,6-7H,2,5H2,1H3. The van der Waals surface area contributed by atoms with E-state index in [0.717, 1.165) is 18.5 Å². The zero-order chi connectivity index (χ0) is 10.7. The van der Waals surface area contributed by atoms with Crippen LogP contribution < -0.4 is 0 Å². The Morgan fingerprint density at radius 1 is 1.33 bits per heavy atom. The average molecular weight is 223 g/mol. The Hall–Kier alpha value is -1.42. The number of aryl methyl sites for hydroxylation is 1. The van der Waals surface area contributed by atoms with Crippen LogP contribution in [0.5, 0.6) is 0 Å². The molecule has 15 heavy (non-hydrogen) atoms. The van der Waals surface area contributed by atoms with Crippen LogP contribution in [0.15, 0.2) is 24.8 Å². The van der Waals surface area contributed by atoms with Crippen molar-refractivity contribution in [1.29, 1.82) is 0 Å². The molecule has 0 radical (unpaired) electrons. The van der Waals surface area contributed by atoms with Crippen molar-refractivity contribution in [2.75, 3.05) is 0 Å². The fourth-order valence-corrected chi connectivity index (χ4v) is 1.57. The smallest absolute Gasteiger partial charge is 0.155 e. The van der Waals surface area contributed by atoms with Gasteiger partial charge in [0, 0.05) is 30.7 Å². The molecule has 0 aliphatic carbocycles. The second-order valence-electron chi connectivity index (χ2n) is 3.19. The van der Waals surface area contributed by atoms with Gasteiger partial charge in [-0.2, -0.15) is 5.10 Å². The molecule has 0 saturated carbocycles. The first-order valence-electron chi connectivity index (χ1n) is 4.80. The molecule has 0 aromatic carbocycles. The molecule has 2 aromatic heterocycles. The molecule has 0 unspecified atom stereocenters. The molecule has 0 spiro atoms. The molecule has 2 aromatic rings. The lowest BCUT2D eigenvalue weighted by molar-refractivity contribution is 0.603. The summed E-state index contributed by atoms with van der Waals surface area (Å²) < 4.78 is 1.88. The van der Waals surface area contributed by atoms with E-state index in [9.17, 15) is 0 Å². The van der Waals surface area contributed by atoms with Gasteiger partial charge in [0.05, 0.1) is 6.20 Å². The largest absolute Gasteiger partial charge is 0.272 e. The van der Waals surface area contributed by atoms with E-state index in [1.807, 2.05) is 10.9 Å². The van der Waals surface area contributed by atoms with E-state index in [4.69, 9.17) is 11.6 Å². The summed E-state index contributed by atoms with van der Waals surface area (Å²) in [6.07, 6.45) is 7.93. The summed E-state index contributed by atoms with van der Waals surface area (Å²) in [5.41, 5.74) is 1.59. The summed E-state index contributed by atoms with van der Waals surface area (Å²) in [4.78, 5) is 8.15. The van der Waals surface area contributed by atoms with Crippen molar-refractivity contribution < 1.29 is 0 Å². The van der Waals surface area contributed by atoms with Crippen LogP contribution in [0.1, 0.15) is 13.3 Å². The Labute approximate surface area is 92.9 Å². The van der Waals surface area contributed by atoms with Crippen LogP contribution in [0.4, 0.5) is 0 Å². The van der Waals surface area contributed by atoms with Gasteiger partial charge in [0.2, 0.25) is 0 Å². The first kappa shape index (κ1) is 10.1. The topological polar surface area (TPSA) is 43.6 Å². The maximum Gasteiger partial charge on any atom is 0.155 e. The maximum absolute atomic E-state index is 5.93. The van der Waals surface area contributed by atoms with Gasteiger partial charge in [0.1, 0.15) is 5.69 Å². The van der Waals surface area contributed by atoms with E-state index in [-0.39, 0.29) is 0 Å². The zero-order valence-electron chi connectivity index (χ0n) is 8.39. The van der Waals surface area contributed by atoms with E-state index in [0.29, 0.717) is 10.8 Å². The lowest BCUT2D eigenvalue weighted by atomic mass is 10.3. The molecule has 0 atom stereocenters. The van der Waals surface area contributed by atoms with Gasteiger partial charge >= 0.3 is 0 Å². The van der Waals surface area contributed by atoms with Gasteiger partial charge in [-0.25, -0.2) is 4.98 Å². The second kappa shape index (κ2) is 4.40. The van der Waals surface area contributed by atoms with Gasteiger partial charge in [-0.05, 0) is 6.42 Å². The molecule has 5 heteroatoms. The van der Waals surface area contributed by atoms with Crippen molar-refractivity contribution in [2.24, 2.45) is 0 Å². The molecule has 0 saturated heterocycles. The molecule has 2 rings (SSSR count). The maximum atomic E-state index is 5.93. The molecule has 0 bridgehead atoms. The molecular formula is C10H11ClN4. The van der Waals surface area contributed by atoms with Crippen LogP contribution in [0, 0.1) is 0 Å². The van der Waals surface area contributed by atoms with Crippen molar-refractivity contribution in [3.8, 4) is 11.3 Å². The van der Waals surface area contributed by atoms with E-state index in [1.165, 1.54) is 0 Å². The number of rotatable bonds is 3. The number of hydrogen-bond donors (Lipinski definition) is 0. The van der Waals surface area contributed by atoms with Gasteiger partial charge in [-0.3, -0.25) is 9.67 Å². The molecular weight excluding hydrogens is 212 g/mol. The van der Waals surface area contributed by atoms with Crippen LogP contribution in [0.2, 0.25) is 5.15 Å². The summed E-state index contributed by atoms with van der Waals surface area (Å²) >= 11 is 5.93. The third-order valence-electron chi connectivity index (χ3n) is 2.01. The first-order chi connectivity index (χ1) is 7.31. The third kappa shape index (κ3) is 2.15. The summed E-state index contributed by atoms with van der Waals surface area (Å²) in [6, 6.07) is 0. The highest BCUT2D eigenvalue weighted by atomic mass is 35.5. The number of nitrogens with zero attached hydrogens (tertiary/aromatic N) is 4. The van der Waals surface area contributed by atoms with E-state index < -0.39 is 0 Å². The lowest BCUT2D eigenvalue weighted by Gasteiger charge is -1.97. The van der Waals surface area contributed by atoms with Gasteiger partial charge < -0.3 is 0 Å². The molecule has 2 heterocycles. The normalized spacial score (nSPS) is 10.5. The van der Waals surface area contributed by atoms with E-state index >= 15 is 0 Å². The number of halogens is 1. The minimum absolute atomic E-state index is 0.411. The fourth-order valence-electron chi connectivity index (χ4n) is 1.35. The highest BCUT2D eigenvalue weighted by molar-refractivity contribution is 6.31. The predicted octanol–water partition coefficient (Wildman–Crippen LogP) is 2.40. The van der Waals surface area contributed by atoms with Crippen molar-refractivity contribution in [3.05, 3.63) is 29.9 Å². The molecule has 0 amide bonds. The fraction of sp³-hybridized carbons (Fsp3) is 0.300. The highest BCUT2D eigenvalue weighted by Gasteiger charge is 2.07. The van der Waals surface area contributed by atoms with Crippen LogP contribution in [0.3, 0.4) is 0 Å². The average Bonchev–Trinajstić information content (AvgIpc) is 2.68. The zero-order valence-corrected chi connectivity index (χ0v) is 9.15. The Kier molecular flexibility index (Phi) is 2.97. The Morgan fingerprint density at radius 3 is 2.87 bits per heavy atom. The molecule has 0 fully saturated rings. The van der Waals surface area contributed by atoms with Crippen molar-refractivity contribution >= 4 is 11.6 Å². The van der Waals surface area contributed by atoms with Crippen LogP contribution in [-0.4, -0.2) is 19.7 Å². The van der Waals surface area contributed by atoms with Crippen LogP contribution >= 0.6 is 11.6 Å². The second-order valence-corrected chi connectivity index (χ2v) is 3.55. The van der Waals surface area contributed by atoms with Gasteiger partial charge in [-0.15, -0.1) is 0 Å². The number of aromatic nitrogens is 4. The first-order valence-corrected chi connectivity index (χ1v) is 5.18. The summed E-state index contributed by atoms with van der Waals surface area (Å²) in [6.45, 7) is 3.01. The molecule has 78 valence electrons. The predicted molar refractivity (Wildman–Crippen MR) is 58.6 cm³/mol. The summed E-state index contributed by atoms with van der Waals surface area (Å²) in [7, 11) is 0. The minimum Gasteiger partial charge on any atom is -0.272 e. The van der Waals surface area contributed by atoms with Crippen molar-refractivity contribution in [1.82, 2.24) is 19.7 Å². The van der Waals surface area contributed by atoms with E-state index in [1.54, 1.807) is 18.6 Å². The van der Waals surface area contributed by atoms with Gasteiger partial charge in [-0.1, -0.05) is 18.5 Å². The van der Waals surface area contributed by atoms with Gasteiger partial charge in [0.15, 0.2) is 5.15 Å². The lowest BCUT2D eigenvalue weighted by Crippen LogP contribution is -1.95. The Balaban J connectivity index is 2.33. The van der Waals surface area contributed by atoms with Gasteiger partial charge in [0.25, 0.3) is 0 Å². The quantitative estimate of drug-likeness (QED) is 0.801. The van der Waals surface area contributed by atoms with Crippen molar-refractivity contribution in [3.63, 3.8) is 0 Å². The minimum atomic E-state index is 0.411. The summed E-state index contributed by atoms with van der Waals surface area (Å²) in [5.74, 6) is 0. The molecule has 4 nitrogen and oxygen atoms in total. The summed E-state index contributed by atoms with van der Waals surface area (Å²) in [5, 5.41) is 4.62. The van der Waals surface area contributed by atoms with E-state index in [2.05, 4.69) is 22.0 Å². The van der Waals surface area contributed by atoms with Crippen molar-refractivity contribution in [2.45, 2.75) is 19.9 Å². The van der Waals surface area contributed by atoms with Crippen LogP contribution in [-0.2, 0) is 6.54 Å². The Morgan fingerprint density at radius 2 is 2.13 bits per heavy atom. The van der Waals surface area contributed by atoms with Crippen LogP contribution in [0.25, 0.3) is 11.3 Å². The molecule has 0 aliphatic heterocycles. The highest BCUT2D eigenvalue weighted by Crippen LogP contribution is 2.22. The monoisotopic (exact) mass is 222 g/mol. The Bertz CT molecular complexity index is 452.